The summed E-state index contributed by atoms with van der Waals surface area (Å²) in [4.78, 5) is 25.3. The van der Waals surface area contributed by atoms with Gasteiger partial charge in [-0.05, 0) is 55.0 Å². The molecule has 34 heavy (non-hydrogen) atoms. The molecule has 0 unspecified atom stereocenters. The first-order valence-corrected chi connectivity index (χ1v) is 11.3. The molecular formula is C26H27N3O4S. The summed E-state index contributed by atoms with van der Waals surface area (Å²) in [6.45, 7) is 3.70. The highest BCUT2D eigenvalue weighted by molar-refractivity contribution is 7.80. The molecule has 3 N–H and O–H groups in total. The Kier molecular flexibility index (Phi) is 9.57. The van der Waals surface area contributed by atoms with Gasteiger partial charge in [-0.15, -0.1) is 0 Å². The van der Waals surface area contributed by atoms with Crippen molar-refractivity contribution in [3.63, 3.8) is 0 Å². The molecule has 8 heteroatoms. The second kappa shape index (κ2) is 13.1. The highest BCUT2D eigenvalue weighted by Gasteiger charge is 2.14. The molecule has 0 heterocycles. The van der Waals surface area contributed by atoms with E-state index in [2.05, 4.69) is 16.0 Å². The van der Waals surface area contributed by atoms with Crippen LogP contribution in [0.2, 0.25) is 0 Å². The Morgan fingerprint density at radius 1 is 0.882 bits per heavy atom. The number of ether oxygens (including phenoxy) is 2. The lowest BCUT2D eigenvalue weighted by Gasteiger charge is -2.13. The van der Waals surface area contributed by atoms with E-state index >= 15 is 0 Å². The van der Waals surface area contributed by atoms with Crippen molar-refractivity contribution in [1.29, 1.82) is 0 Å². The Bertz CT molecular complexity index is 1120. The lowest BCUT2D eigenvalue weighted by Crippen LogP contribution is -2.34. The summed E-state index contributed by atoms with van der Waals surface area (Å²) in [6.07, 6.45) is 0. The third kappa shape index (κ3) is 7.68. The Morgan fingerprint density at radius 3 is 2.44 bits per heavy atom. The summed E-state index contributed by atoms with van der Waals surface area (Å²) < 4.78 is 10.9. The molecule has 0 aliphatic heterocycles. The predicted octanol–water partition coefficient (Wildman–Crippen LogP) is 4.16. The Balaban J connectivity index is 1.56. The number of rotatable bonds is 10. The molecule has 0 fully saturated rings. The Hall–Kier alpha value is -3.75. The highest BCUT2D eigenvalue weighted by atomic mass is 32.1. The number of hydrogen-bond donors (Lipinski definition) is 3. The number of carbonyl (C=O) groups excluding carboxylic acids is 2. The minimum absolute atomic E-state index is 0.107. The number of benzene rings is 3. The zero-order chi connectivity index (χ0) is 24.2. The van der Waals surface area contributed by atoms with Gasteiger partial charge >= 0.3 is 0 Å². The lowest BCUT2D eigenvalue weighted by molar-refractivity contribution is 0.0946. The van der Waals surface area contributed by atoms with Crippen LogP contribution >= 0.6 is 12.2 Å². The van der Waals surface area contributed by atoms with Crippen LogP contribution in [0.5, 0.6) is 5.75 Å². The van der Waals surface area contributed by atoms with Crippen molar-refractivity contribution in [3.05, 3.63) is 95.6 Å². The minimum Gasteiger partial charge on any atom is -0.490 e. The molecule has 3 aromatic carbocycles. The average Bonchev–Trinajstić information content (AvgIpc) is 2.86. The maximum atomic E-state index is 12.7. The van der Waals surface area contributed by atoms with E-state index in [1.165, 1.54) is 0 Å². The first-order chi connectivity index (χ1) is 16.6. The van der Waals surface area contributed by atoms with E-state index < -0.39 is 5.91 Å². The number of hydrogen-bond acceptors (Lipinski definition) is 5. The van der Waals surface area contributed by atoms with Gasteiger partial charge in [-0.25, -0.2) is 0 Å². The number of amides is 2. The van der Waals surface area contributed by atoms with Gasteiger partial charge in [0.1, 0.15) is 12.4 Å². The van der Waals surface area contributed by atoms with Crippen molar-refractivity contribution in [2.45, 2.75) is 13.5 Å². The number of carbonyl (C=O) groups is 2. The molecule has 0 bridgehead atoms. The zero-order valence-electron chi connectivity index (χ0n) is 18.9. The molecule has 0 aliphatic rings. The largest absolute Gasteiger partial charge is 0.490 e. The molecule has 0 saturated carbocycles. The molecule has 7 nitrogen and oxygen atoms in total. The minimum atomic E-state index is -0.402. The standard InChI is InChI=1S/C26H27N3O4S/c1-2-32-15-16-33-23-14-7-6-13-22(23)25(31)29-26(34)28-21-12-8-11-20(17-21)24(30)27-18-19-9-4-3-5-10-19/h3-14,17H,2,15-16,18H2,1H3,(H,27,30)(H2,28,29,31,34). The van der Waals surface area contributed by atoms with E-state index in [0.717, 1.165) is 5.56 Å². The van der Waals surface area contributed by atoms with Gasteiger partial charge in [0.2, 0.25) is 0 Å². The third-order valence-electron chi connectivity index (χ3n) is 4.73. The van der Waals surface area contributed by atoms with Crippen molar-refractivity contribution < 1.29 is 19.1 Å². The molecule has 0 saturated heterocycles. The summed E-state index contributed by atoms with van der Waals surface area (Å²) in [5, 5.41) is 8.60. The smallest absolute Gasteiger partial charge is 0.261 e. The normalized spacial score (nSPS) is 10.3. The van der Waals surface area contributed by atoms with Crippen LogP contribution in [0.25, 0.3) is 0 Å². The first-order valence-electron chi connectivity index (χ1n) is 10.9. The summed E-state index contributed by atoms with van der Waals surface area (Å²) in [6, 6.07) is 23.5. The van der Waals surface area contributed by atoms with Crippen LogP contribution in [0.4, 0.5) is 5.69 Å². The number of para-hydroxylation sites is 1. The van der Waals surface area contributed by atoms with Gasteiger partial charge < -0.3 is 20.1 Å². The molecule has 2 amide bonds. The Labute approximate surface area is 204 Å². The maximum absolute atomic E-state index is 12.7. The summed E-state index contributed by atoms with van der Waals surface area (Å²) in [5.74, 6) is -0.165. The predicted molar refractivity (Wildman–Crippen MR) is 136 cm³/mol. The van der Waals surface area contributed by atoms with Crippen LogP contribution < -0.4 is 20.7 Å². The van der Waals surface area contributed by atoms with E-state index in [1.807, 2.05) is 37.3 Å². The molecule has 0 atom stereocenters. The summed E-state index contributed by atoms with van der Waals surface area (Å²) in [7, 11) is 0. The fourth-order valence-corrected chi connectivity index (χ4v) is 3.30. The van der Waals surface area contributed by atoms with Gasteiger partial charge in [-0.2, -0.15) is 0 Å². The second-order valence-corrected chi connectivity index (χ2v) is 7.61. The molecule has 176 valence electrons. The van der Waals surface area contributed by atoms with Crippen molar-refractivity contribution in [2.75, 3.05) is 25.1 Å². The molecule has 0 spiro atoms. The SMILES string of the molecule is CCOCCOc1ccccc1C(=O)NC(=S)Nc1cccc(C(=O)NCc2ccccc2)c1. The van der Waals surface area contributed by atoms with E-state index in [-0.39, 0.29) is 11.0 Å². The van der Waals surface area contributed by atoms with Crippen LogP contribution in [0.3, 0.4) is 0 Å². The van der Waals surface area contributed by atoms with Gasteiger partial charge in [-0.1, -0.05) is 48.5 Å². The molecule has 3 aromatic rings. The van der Waals surface area contributed by atoms with Crippen molar-refractivity contribution in [1.82, 2.24) is 10.6 Å². The third-order valence-corrected chi connectivity index (χ3v) is 4.93. The van der Waals surface area contributed by atoms with Gasteiger partial charge in [0, 0.05) is 24.4 Å². The average molecular weight is 478 g/mol. The molecular weight excluding hydrogens is 450 g/mol. The van der Waals surface area contributed by atoms with Gasteiger partial charge in [0.15, 0.2) is 5.11 Å². The second-order valence-electron chi connectivity index (χ2n) is 7.20. The number of nitrogens with one attached hydrogen (secondary N) is 3. The van der Waals surface area contributed by atoms with E-state index in [0.29, 0.717) is 48.9 Å². The van der Waals surface area contributed by atoms with Gasteiger partial charge in [0.05, 0.1) is 12.2 Å². The van der Waals surface area contributed by atoms with Crippen molar-refractivity contribution >= 4 is 34.8 Å². The van der Waals surface area contributed by atoms with Crippen LogP contribution in [0, 0.1) is 0 Å². The van der Waals surface area contributed by atoms with Crippen molar-refractivity contribution in [2.24, 2.45) is 0 Å². The lowest BCUT2D eigenvalue weighted by atomic mass is 10.1. The Morgan fingerprint density at radius 2 is 1.65 bits per heavy atom. The molecule has 0 aromatic heterocycles. The molecule has 0 radical (unpaired) electrons. The van der Waals surface area contributed by atoms with Gasteiger partial charge in [0.25, 0.3) is 11.8 Å². The maximum Gasteiger partial charge on any atom is 0.261 e. The van der Waals surface area contributed by atoms with E-state index in [4.69, 9.17) is 21.7 Å². The van der Waals surface area contributed by atoms with Gasteiger partial charge in [-0.3, -0.25) is 14.9 Å². The van der Waals surface area contributed by atoms with Crippen LogP contribution in [0.15, 0.2) is 78.9 Å². The fraction of sp³-hybridized carbons (Fsp3) is 0.192. The van der Waals surface area contributed by atoms with Crippen LogP contribution in [-0.2, 0) is 11.3 Å². The zero-order valence-corrected chi connectivity index (χ0v) is 19.7. The quantitative estimate of drug-likeness (QED) is 0.300. The number of anilines is 1. The van der Waals surface area contributed by atoms with Crippen LogP contribution in [0.1, 0.15) is 33.2 Å². The first kappa shape index (κ1) is 24.9. The number of thiocarbonyl (C=S) groups is 1. The monoisotopic (exact) mass is 477 g/mol. The summed E-state index contributed by atoms with van der Waals surface area (Å²) in [5.41, 5.74) is 2.43. The topological polar surface area (TPSA) is 88.7 Å². The van der Waals surface area contributed by atoms with E-state index in [1.54, 1.807) is 48.5 Å². The van der Waals surface area contributed by atoms with Crippen molar-refractivity contribution in [3.8, 4) is 5.75 Å². The van der Waals surface area contributed by atoms with E-state index in [9.17, 15) is 9.59 Å². The molecule has 3 rings (SSSR count). The summed E-state index contributed by atoms with van der Waals surface area (Å²) >= 11 is 5.30. The highest BCUT2D eigenvalue weighted by Crippen LogP contribution is 2.18. The fourth-order valence-electron chi connectivity index (χ4n) is 3.09. The van der Waals surface area contributed by atoms with Crippen LogP contribution in [-0.4, -0.2) is 36.7 Å². The molecule has 0 aliphatic carbocycles.